The summed E-state index contributed by atoms with van der Waals surface area (Å²) in [6.45, 7) is 0.619. The quantitative estimate of drug-likeness (QED) is 0.597. The molecule has 0 aliphatic carbocycles. The van der Waals surface area contributed by atoms with Crippen molar-refractivity contribution in [3.63, 3.8) is 0 Å². The van der Waals surface area contributed by atoms with Gasteiger partial charge in [0.2, 0.25) is 0 Å². The summed E-state index contributed by atoms with van der Waals surface area (Å²) in [6.07, 6.45) is 5.25. The van der Waals surface area contributed by atoms with Crippen LogP contribution in [0.3, 0.4) is 0 Å². The second kappa shape index (κ2) is 2.72. The van der Waals surface area contributed by atoms with Gasteiger partial charge in [-0.25, -0.2) is 9.67 Å². The monoisotopic (exact) mass is 164 g/mol. The van der Waals surface area contributed by atoms with Crippen molar-refractivity contribution in [3.8, 4) is 0 Å². The van der Waals surface area contributed by atoms with E-state index in [1.54, 1.807) is 17.3 Å². The smallest absolute Gasteiger partial charge is 0.138 e. The van der Waals surface area contributed by atoms with Crippen LogP contribution >= 0.6 is 0 Å². The summed E-state index contributed by atoms with van der Waals surface area (Å²) >= 11 is 0. The Morgan fingerprint density at radius 3 is 2.92 bits per heavy atom. The van der Waals surface area contributed by atoms with E-state index in [1.165, 1.54) is 0 Å². The van der Waals surface area contributed by atoms with Crippen LogP contribution in [-0.2, 0) is 13.6 Å². The maximum atomic E-state index is 4.14. The van der Waals surface area contributed by atoms with Gasteiger partial charge in [-0.15, -0.1) is 5.10 Å². The molecule has 0 atom stereocenters. The van der Waals surface area contributed by atoms with Crippen LogP contribution in [0.25, 0.3) is 0 Å². The van der Waals surface area contributed by atoms with Crippen molar-refractivity contribution in [2.24, 2.45) is 7.05 Å². The van der Waals surface area contributed by atoms with Crippen molar-refractivity contribution >= 4 is 0 Å². The number of imidazole rings is 1. The fourth-order valence-electron chi connectivity index (χ4n) is 0.967. The molecule has 2 rings (SSSR count). The first-order valence-corrected chi connectivity index (χ1v) is 3.52. The van der Waals surface area contributed by atoms with Gasteiger partial charge in [0.25, 0.3) is 0 Å². The van der Waals surface area contributed by atoms with Crippen molar-refractivity contribution in [3.05, 3.63) is 24.5 Å². The van der Waals surface area contributed by atoms with Crippen LogP contribution in [0.5, 0.6) is 0 Å². The van der Waals surface area contributed by atoms with Crippen molar-refractivity contribution in [2.45, 2.75) is 6.54 Å². The first-order valence-electron chi connectivity index (χ1n) is 3.52. The fourth-order valence-corrected chi connectivity index (χ4v) is 0.967. The van der Waals surface area contributed by atoms with E-state index in [4.69, 9.17) is 0 Å². The number of hydrogen-bond acceptors (Lipinski definition) is 4. The van der Waals surface area contributed by atoms with Crippen LogP contribution in [0.1, 0.15) is 5.69 Å². The molecule has 0 unspecified atom stereocenters. The summed E-state index contributed by atoms with van der Waals surface area (Å²) in [5.41, 5.74) is 0.949. The molecule has 0 aliphatic rings. The highest BCUT2D eigenvalue weighted by Crippen LogP contribution is 1.95. The van der Waals surface area contributed by atoms with Gasteiger partial charge in [-0.1, -0.05) is 0 Å². The van der Waals surface area contributed by atoms with Crippen LogP contribution in [0.4, 0.5) is 0 Å². The Bertz CT molecular complexity index is 348. The normalized spacial score (nSPS) is 10.4. The van der Waals surface area contributed by atoms with Gasteiger partial charge in [0, 0.05) is 13.2 Å². The third-order valence-electron chi connectivity index (χ3n) is 1.47. The summed E-state index contributed by atoms with van der Waals surface area (Å²) in [6, 6.07) is 0. The molecular formula is C6H8N6. The highest BCUT2D eigenvalue weighted by atomic mass is 15.5. The number of hydrogen-bond donors (Lipinski definition) is 0. The van der Waals surface area contributed by atoms with Crippen molar-refractivity contribution in [2.75, 3.05) is 0 Å². The highest BCUT2D eigenvalue weighted by Gasteiger charge is 1.98. The number of rotatable bonds is 2. The molecule has 0 bridgehead atoms. The second-order valence-electron chi connectivity index (χ2n) is 2.54. The van der Waals surface area contributed by atoms with E-state index >= 15 is 0 Å². The van der Waals surface area contributed by atoms with E-state index in [9.17, 15) is 0 Å². The zero-order valence-corrected chi connectivity index (χ0v) is 6.62. The van der Waals surface area contributed by atoms with Crippen molar-refractivity contribution in [1.29, 1.82) is 0 Å². The van der Waals surface area contributed by atoms with Gasteiger partial charge >= 0.3 is 0 Å². The van der Waals surface area contributed by atoms with Gasteiger partial charge in [0.15, 0.2) is 0 Å². The van der Waals surface area contributed by atoms with Gasteiger partial charge in [-0.05, 0) is 10.4 Å². The zero-order chi connectivity index (χ0) is 8.39. The molecule has 2 heterocycles. The zero-order valence-electron chi connectivity index (χ0n) is 6.62. The molecule has 0 aliphatic heterocycles. The van der Waals surface area contributed by atoms with Crippen LogP contribution in [0.2, 0.25) is 0 Å². The number of aryl methyl sites for hydroxylation is 1. The summed E-state index contributed by atoms with van der Waals surface area (Å²) in [5.74, 6) is 0. The molecule has 6 heteroatoms. The molecule has 0 N–H and O–H groups in total. The molecule has 0 saturated heterocycles. The Morgan fingerprint density at radius 2 is 2.33 bits per heavy atom. The molecule has 0 radical (unpaired) electrons. The molecule has 0 spiro atoms. The van der Waals surface area contributed by atoms with Gasteiger partial charge in [0.1, 0.15) is 6.33 Å². The van der Waals surface area contributed by atoms with E-state index in [1.807, 2.05) is 17.8 Å². The minimum Gasteiger partial charge on any atom is -0.340 e. The number of aromatic nitrogens is 6. The predicted molar refractivity (Wildman–Crippen MR) is 40.1 cm³/mol. The van der Waals surface area contributed by atoms with Crippen molar-refractivity contribution in [1.82, 2.24) is 29.8 Å². The topological polar surface area (TPSA) is 61.4 Å². The maximum absolute atomic E-state index is 4.14. The Labute approximate surface area is 68.8 Å². The molecular weight excluding hydrogens is 156 g/mol. The first-order chi connectivity index (χ1) is 5.84. The summed E-state index contributed by atoms with van der Waals surface area (Å²) < 4.78 is 3.52. The van der Waals surface area contributed by atoms with Gasteiger partial charge in [-0.2, -0.15) is 0 Å². The second-order valence-corrected chi connectivity index (χ2v) is 2.54. The van der Waals surface area contributed by atoms with Gasteiger partial charge < -0.3 is 4.57 Å². The molecule has 0 aromatic carbocycles. The predicted octanol–water partition coefficient (Wildman–Crippen LogP) is -0.545. The number of tetrazole rings is 1. The van der Waals surface area contributed by atoms with E-state index in [0.29, 0.717) is 6.54 Å². The molecule has 0 fully saturated rings. The standard InChI is InChI=1S/C6H8N6/c1-11-2-6(7-4-11)3-12-5-8-9-10-12/h2,4-5H,3H2,1H3. The van der Waals surface area contributed by atoms with Crippen LogP contribution in [0, 0.1) is 0 Å². The molecule has 0 saturated carbocycles. The minimum atomic E-state index is 0.619. The average Bonchev–Trinajstić information content (AvgIpc) is 2.63. The molecule has 2 aromatic heterocycles. The number of nitrogens with zero attached hydrogens (tertiary/aromatic N) is 6. The lowest BCUT2D eigenvalue weighted by Crippen LogP contribution is -2.00. The minimum absolute atomic E-state index is 0.619. The summed E-state index contributed by atoms with van der Waals surface area (Å²) in [5, 5.41) is 10.8. The SMILES string of the molecule is Cn1cnc(Cn2cnnn2)c1. The van der Waals surface area contributed by atoms with Crippen LogP contribution in [0.15, 0.2) is 18.9 Å². The van der Waals surface area contributed by atoms with Crippen LogP contribution < -0.4 is 0 Å². The summed E-state index contributed by atoms with van der Waals surface area (Å²) in [4.78, 5) is 4.14. The Morgan fingerprint density at radius 1 is 1.42 bits per heavy atom. The van der Waals surface area contributed by atoms with E-state index in [0.717, 1.165) is 5.69 Å². The largest absolute Gasteiger partial charge is 0.340 e. The molecule has 6 nitrogen and oxygen atoms in total. The lowest BCUT2D eigenvalue weighted by atomic mass is 10.5. The Kier molecular flexibility index (Phi) is 1.58. The van der Waals surface area contributed by atoms with E-state index in [-0.39, 0.29) is 0 Å². The van der Waals surface area contributed by atoms with Crippen LogP contribution in [-0.4, -0.2) is 29.8 Å². The van der Waals surface area contributed by atoms with E-state index in [2.05, 4.69) is 20.5 Å². The third-order valence-corrected chi connectivity index (χ3v) is 1.47. The molecule has 12 heavy (non-hydrogen) atoms. The van der Waals surface area contributed by atoms with Gasteiger partial charge in [-0.3, -0.25) is 0 Å². The molecule has 2 aromatic rings. The maximum Gasteiger partial charge on any atom is 0.138 e. The lowest BCUT2D eigenvalue weighted by molar-refractivity contribution is 0.639. The first kappa shape index (κ1) is 6.96. The average molecular weight is 164 g/mol. The highest BCUT2D eigenvalue weighted by molar-refractivity contribution is 4.95. The van der Waals surface area contributed by atoms with E-state index < -0.39 is 0 Å². The lowest BCUT2D eigenvalue weighted by Gasteiger charge is -1.92. The molecule has 0 amide bonds. The third kappa shape index (κ3) is 1.31. The Hall–Kier alpha value is -1.72. The van der Waals surface area contributed by atoms with Crippen molar-refractivity contribution < 1.29 is 0 Å². The van der Waals surface area contributed by atoms with Gasteiger partial charge in [0.05, 0.1) is 18.6 Å². The fraction of sp³-hybridized carbons (Fsp3) is 0.333. The summed E-state index contributed by atoms with van der Waals surface area (Å²) in [7, 11) is 1.93. The Balaban J connectivity index is 2.14. The molecule has 62 valence electrons.